The molecule has 0 rings (SSSR count). The van der Waals surface area contributed by atoms with Crippen LogP contribution in [0.4, 0.5) is 0 Å². The molecule has 0 bridgehead atoms. The summed E-state index contributed by atoms with van der Waals surface area (Å²) in [5.41, 5.74) is 0. The van der Waals surface area contributed by atoms with Crippen LogP contribution in [0, 0.1) is 5.92 Å². The second-order valence-electron chi connectivity index (χ2n) is 3.90. The molecular formula is C12H22O3. The van der Waals surface area contributed by atoms with Gasteiger partial charge in [0.2, 0.25) is 0 Å². The SMILES string of the molecule is CC(=O)OCC/C=C/CC[C@@H](C)[C@H](C)O. The van der Waals surface area contributed by atoms with Crippen molar-refractivity contribution >= 4 is 5.97 Å². The summed E-state index contributed by atoms with van der Waals surface area (Å²) in [4.78, 5) is 10.4. The molecule has 15 heavy (non-hydrogen) atoms. The lowest BCUT2D eigenvalue weighted by Gasteiger charge is -2.12. The normalized spacial score (nSPS) is 15.2. The molecule has 0 aliphatic heterocycles. The monoisotopic (exact) mass is 214 g/mol. The molecule has 0 fully saturated rings. The maximum atomic E-state index is 10.4. The molecule has 0 saturated carbocycles. The van der Waals surface area contributed by atoms with Crippen molar-refractivity contribution < 1.29 is 14.6 Å². The van der Waals surface area contributed by atoms with Gasteiger partial charge in [-0.2, -0.15) is 0 Å². The third-order valence-electron chi connectivity index (χ3n) is 2.37. The molecule has 3 nitrogen and oxygen atoms in total. The van der Waals surface area contributed by atoms with Gasteiger partial charge in [-0.15, -0.1) is 0 Å². The van der Waals surface area contributed by atoms with Crippen molar-refractivity contribution in [2.75, 3.05) is 6.61 Å². The van der Waals surface area contributed by atoms with Gasteiger partial charge in [-0.25, -0.2) is 0 Å². The lowest BCUT2D eigenvalue weighted by molar-refractivity contribution is -0.140. The van der Waals surface area contributed by atoms with Crippen molar-refractivity contribution in [3.8, 4) is 0 Å². The molecule has 0 aromatic carbocycles. The van der Waals surface area contributed by atoms with Crippen LogP contribution in [-0.2, 0) is 9.53 Å². The van der Waals surface area contributed by atoms with Crippen LogP contribution in [0.15, 0.2) is 12.2 Å². The van der Waals surface area contributed by atoms with E-state index in [9.17, 15) is 9.90 Å². The van der Waals surface area contributed by atoms with Crippen molar-refractivity contribution in [1.29, 1.82) is 0 Å². The van der Waals surface area contributed by atoms with Gasteiger partial charge in [-0.3, -0.25) is 4.79 Å². The Morgan fingerprint density at radius 1 is 1.33 bits per heavy atom. The molecule has 0 aliphatic rings. The molecule has 0 aromatic rings. The summed E-state index contributed by atoms with van der Waals surface area (Å²) in [6.45, 7) is 5.72. The maximum absolute atomic E-state index is 10.4. The molecule has 0 saturated heterocycles. The summed E-state index contributed by atoms with van der Waals surface area (Å²) < 4.78 is 4.78. The lowest BCUT2D eigenvalue weighted by atomic mass is 10.0. The van der Waals surface area contributed by atoms with Gasteiger partial charge in [0, 0.05) is 6.92 Å². The van der Waals surface area contributed by atoms with Gasteiger partial charge in [-0.1, -0.05) is 19.1 Å². The third kappa shape index (κ3) is 9.47. The van der Waals surface area contributed by atoms with E-state index in [4.69, 9.17) is 4.74 Å². The van der Waals surface area contributed by atoms with E-state index in [0.29, 0.717) is 12.5 Å². The quantitative estimate of drug-likeness (QED) is 0.402. The number of carbonyl (C=O) groups is 1. The first-order valence-electron chi connectivity index (χ1n) is 5.50. The highest BCUT2D eigenvalue weighted by Crippen LogP contribution is 2.10. The maximum Gasteiger partial charge on any atom is 0.302 e. The van der Waals surface area contributed by atoms with E-state index in [1.54, 1.807) is 0 Å². The van der Waals surface area contributed by atoms with Gasteiger partial charge in [-0.05, 0) is 32.1 Å². The molecule has 0 aliphatic carbocycles. The molecule has 2 atom stereocenters. The molecule has 0 unspecified atom stereocenters. The largest absolute Gasteiger partial charge is 0.466 e. The number of hydrogen-bond acceptors (Lipinski definition) is 3. The number of allylic oxidation sites excluding steroid dienone is 1. The Kier molecular flexibility index (Phi) is 8.01. The Hall–Kier alpha value is -0.830. The molecule has 0 amide bonds. The number of hydrogen-bond donors (Lipinski definition) is 1. The highest BCUT2D eigenvalue weighted by molar-refractivity contribution is 5.65. The van der Waals surface area contributed by atoms with E-state index in [-0.39, 0.29) is 12.1 Å². The van der Waals surface area contributed by atoms with Crippen LogP contribution >= 0.6 is 0 Å². The number of esters is 1. The van der Waals surface area contributed by atoms with Crippen molar-refractivity contribution in [3.05, 3.63) is 12.2 Å². The second kappa shape index (κ2) is 8.48. The number of carbonyl (C=O) groups excluding carboxylic acids is 1. The van der Waals surface area contributed by atoms with Gasteiger partial charge in [0.1, 0.15) is 0 Å². The first-order valence-corrected chi connectivity index (χ1v) is 5.50. The van der Waals surface area contributed by atoms with Gasteiger partial charge in [0.25, 0.3) is 0 Å². The van der Waals surface area contributed by atoms with Crippen LogP contribution in [-0.4, -0.2) is 23.8 Å². The Morgan fingerprint density at radius 3 is 2.47 bits per heavy atom. The van der Waals surface area contributed by atoms with E-state index in [2.05, 4.69) is 6.08 Å². The van der Waals surface area contributed by atoms with Crippen molar-refractivity contribution in [1.82, 2.24) is 0 Å². The highest BCUT2D eigenvalue weighted by atomic mass is 16.5. The fraction of sp³-hybridized carbons (Fsp3) is 0.750. The molecular weight excluding hydrogens is 192 g/mol. The van der Waals surface area contributed by atoms with Crippen LogP contribution in [0.3, 0.4) is 0 Å². The van der Waals surface area contributed by atoms with Gasteiger partial charge < -0.3 is 9.84 Å². The molecule has 0 radical (unpaired) electrons. The minimum Gasteiger partial charge on any atom is -0.466 e. The van der Waals surface area contributed by atoms with Crippen molar-refractivity contribution in [3.63, 3.8) is 0 Å². The predicted molar refractivity (Wildman–Crippen MR) is 60.5 cm³/mol. The molecule has 3 heteroatoms. The number of rotatable bonds is 7. The molecule has 88 valence electrons. The Bertz CT molecular complexity index is 197. The third-order valence-corrected chi connectivity index (χ3v) is 2.37. The summed E-state index contributed by atoms with van der Waals surface area (Å²) in [5.74, 6) is 0.106. The fourth-order valence-corrected chi connectivity index (χ4v) is 1.11. The summed E-state index contributed by atoms with van der Waals surface area (Å²) in [6, 6.07) is 0. The van der Waals surface area contributed by atoms with E-state index in [1.165, 1.54) is 6.92 Å². The highest BCUT2D eigenvalue weighted by Gasteiger charge is 2.06. The zero-order chi connectivity index (χ0) is 11.7. The fourth-order valence-electron chi connectivity index (χ4n) is 1.11. The standard InChI is InChI=1S/C12H22O3/c1-10(11(2)13)8-6-4-5-7-9-15-12(3)14/h4-5,10-11,13H,6-9H2,1-3H3/b5-4+/t10-,11+/m1/s1. The van der Waals surface area contributed by atoms with Crippen LogP contribution < -0.4 is 0 Å². The first kappa shape index (κ1) is 14.2. The zero-order valence-corrected chi connectivity index (χ0v) is 9.90. The van der Waals surface area contributed by atoms with E-state index in [1.807, 2.05) is 19.9 Å². The minimum atomic E-state index is -0.237. The average Bonchev–Trinajstić information content (AvgIpc) is 2.15. The Morgan fingerprint density at radius 2 is 1.93 bits per heavy atom. The smallest absolute Gasteiger partial charge is 0.302 e. The topological polar surface area (TPSA) is 46.5 Å². The average molecular weight is 214 g/mol. The van der Waals surface area contributed by atoms with E-state index in [0.717, 1.165) is 19.3 Å². The van der Waals surface area contributed by atoms with Crippen molar-refractivity contribution in [2.45, 2.75) is 46.1 Å². The van der Waals surface area contributed by atoms with Gasteiger partial charge in [0.15, 0.2) is 0 Å². The Balaban J connectivity index is 3.35. The van der Waals surface area contributed by atoms with E-state index < -0.39 is 0 Å². The van der Waals surface area contributed by atoms with E-state index >= 15 is 0 Å². The molecule has 0 aromatic heterocycles. The number of ether oxygens (including phenoxy) is 1. The number of aliphatic hydroxyl groups excluding tert-OH is 1. The zero-order valence-electron chi connectivity index (χ0n) is 9.90. The first-order chi connectivity index (χ1) is 7.04. The summed E-state index contributed by atoms with van der Waals surface area (Å²) in [7, 11) is 0. The van der Waals surface area contributed by atoms with Crippen LogP contribution in [0.5, 0.6) is 0 Å². The predicted octanol–water partition coefficient (Wildman–Crippen LogP) is 2.29. The van der Waals surface area contributed by atoms with Gasteiger partial charge >= 0.3 is 5.97 Å². The summed E-state index contributed by atoms with van der Waals surface area (Å²) in [6.07, 6.45) is 6.57. The number of aliphatic hydroxyl groups is 1. The van der Waals surface area contributed by atoms with Crippen LogP contribution in [0.25, 0.3) is 0 Å². The molecule has 1 N–H and O–H groups in total. The van der Waals surface area contributed by atoms with Gasteiger partial charge in [0.05, 0.1) is 12.7 Å². The van der Waals surface area contributed by atoms with Crippen molar-refractivity contribution in [2.24, 2.45) is 5.92 Å². The molecule has 0 spiro atoms. The second-order valence-corrected chi connectivity index (χ2v) is 3.90. The van der Waals surface area contributed by atoms with Crippen LogP contribution in [0.1, 0.15) is 40.0 Å². The van der Waals surface area contributed by atoms with Crippen LogP contribution in [0.2, 0.25) is 0 Å². The summed E-state index contributed by atoms with van der Waals surface area (Å²) in [5, 5.41) is 9.24. The Labute approximate surface area is 92.1 Å². The molecule has 0 heterocycles. The summed E-state index contributed by atoms with van der Waals surface area (Å²) >= 11 is 0. The minimum absolute atomic E-state index is 0.230. The lowest BCUT2D eigenvalue weighted by Crippen LogP contribution is -2.12.